The Labute approximate surface area is 243 Å². The Kier molecular flexibility index (Phi) is 10.4. The van der Waals surface area contributed by atoms with Gasteiger partial charge in [-0.3, -0.25) is 4.79 Å². The second kappa shape index (κ2) is 13.5. The summed E-state index contributed by atoms with van der Waals surface area (Å²) in [7, 11) is 0. The molecule has 7 heteroatoms. The predicted molar refractivity (Wildman–Crippen MR) is 161 cm³/mol. The SMILES string of the molecule is C=Cc1cc(COc2ccccc2CC(=O)OC(C)(C)C)cc(-c2cccc([C@@H](CO)NC(=O)OC(C)(C)C)c2)c1. The van der Waals surface area contributed by atoms with Crippen LogP contribution in [0, 0.1) is 0 Å². The van der Waals surface area contributed by atoms with E-state index in [-0.39, 0.29) is 25.6 Å². The normalized spacial score (nSPS) is 12.3. The number of nitrogens with one attached hydrogen (secondary N) is 1. The number of benzene rings is 3. The average Bonchev–Trinajstić information content (AvgIpc) is 2.89. The standard InChI is InChI=1S/C34H41NO6/c1-8-23-16-24(22-39-30-15-10-9-12-27(30)20-31(37)40-33(2,3)4)18-28(17-23)25-13-11-14-26(19-25)29(21-36)35-32(38)41-34(5,6)7/h8-19,29,36H,1,20-22H2,2-7H3,(H,35,38)/t29-/m1/s1. The van der Waals surface area contributed by atoms with Crippen LogP contribution in [0.2, 0.25) is 0 Å². The number of para-hydroxylation sites is 1. The second-order valence-corrected chi connectivity index (χ2v) is 11.8. The lowest BCUT2D eigenvalue weighted by molar-refractivity contribution is -0.153. The number of alkyl carbamates (subject to hydrolysis) is 1. The predicted octanol–water partition coefficient (Wildman–Crippen LogP) is 7.02. The van der Waals surface area contributed by atoms with Crippen molar-refractivity contribution in [2.75, 3.05) is 6.61 Å². The van der Waals surface area contributed by atoms with Crippen LogP contribution in [-0.4, -0.2) is 35.0 Å². The van der Waals surface area contributed by atoms with Crippen molar-refractivity contribution >= 4 is 18.1 Å². The minimum absolute atomic E-state index is 0.113. The third-order valence-corrected chi connectivity index (χ3v) is 5.87. The second-order valence-electron chi connectivity index (χ2n) is 11.8. The molecule has 0 aliphatic heterocycles. The van der Waals surface area contributed by atoms with E-state index in [2.05, 4.69) is 11.9 Å². The smallest absolute Gasteiger partial charge is 0.408 e. The van der Waals surface area contributed by atoms with Crippen LogP contribution in [0.25, 0.3) is 17.2 Å². The van der Waals surface area contributed by atoms with Crippen LogP contribution < -0.4 is 10.1 Å². The number of carbonyl (C=O) groups excluding carboxylic acids is 2. The molecule has 0 heterocycles. The van der Waals surface area contributed by atoms with Gasteiger partial charge in [-0.05, 0) is 99.7 Å². The Morgan fingerprint density at radius 1 is 0.902 bits per heavy atom. The van der Waals surface area contributed by atoms with E-state index < -0.39 is 23.3 Å². The van der Waals surface area contributed by atoms with E-state index in [1.165, 1.54) is 0 Å². The summed E-state index contributed by atoms with van der Waals surface area (Å²) in [4.78, 5) is 24.7. The molecular weight excluding hydrogens is 518 g/mol. The quantitative estimate of drug-likeness (QED) is 0.259. The van der Waals surface area contributed by atoms with Gasteiger partial charge in [0.2, 0.25) is 0 Å². The minimum Gasteiger partial charge on any atom is -0.489 e. The third-order valence-electron chi connectivity index (χ3n) is 5.87. The van der Waals surface area contributed by atoms with Gasteiger partial charge in [0.15, 0.2) is 0 Å². The lowest BCUT2D eigenvalue weighted by Gasteiger charge is -2.23. The topological polar surface area (TPSA) is 94.1 Å². The molecule has 2 N–H and O–H groups in total. The van der Waals surface area contributed by atoms with E-state index >= 15 is 0 Å². The molecule has 0 bridgehead atoms. The van der Waals surface area contributed by atoms with Gasteiger partial charge in [0.25, 0.3) is 0 Å². The molecule has 218 valence electrons. The number of hydrogen-bond donors (Lipinski definition) is 2. The van der Waals surface area contributed by atoms with Crippen molar-refractivity contribution in [2.24, 2.45) is 0 Å². The van der Waals surface area contributed by atoms with Crippen LogP contribution in [0.5, 0.6) is 5.75 Å². The number of aliphatic hydroxyl groups is 1. The van der Waals surface area contributed by atoms with Gasteiger partial charge in [0.1, 0.15) is 23.6 Å². The lowest BCUT2D eigenvalue weighted by atomic mass is 9.96. The highest BCUT2D eigenvalue weighted by Crippen LogP contribution is 2.28. The van der Waals surface area contributed by atoms with Gasteiger partial charge in [-0.25, -0.2) is 4.79 Å². The molecule has 3 rings (SSSR count). The van der Waals surface area contributed by atoms with E-state index in [4.69, 9.17) is 14.2 Å². The molecule has 0 aromatic heterocycles. The molecule has 0 radical (unpaired) electrons. The van der Waals surface area contributed by atoms with Gasteiger partial charge in [-0.15, -0.1) is 0 Å². The van der Waals surface area contributed by atoms with Crippen LogP contribution in [-0.2, 0) is 27.3 Å². The van der Waals surface area contributed by atoms with Gasteiger partial charge in [-0.1, -0.05) is 49.1 Å². The molecule has 0 aliphatic rings. The monoisotopic (exact) mass is 559 g/mol. The number of aliphatic hydroxyl groups excluding tert-OH is 1. The Bertz CT molecular complexity index is 1370. The number of esters is 1. The van der Waals surface area contributed by atoms with E-state index in [9.17, 15) is 14.7 Å². The van der Waals surface area contributed by atoms with E-state index in [1.807, 2.05) is 87.5 Å². The van der Waals surface area contributed by atoms with Crippen LogP contribution >= 0.6 is 0 Å². The average molecular weight is 560 g/mol. The maximum absolute atomic E-state index is 12.4. The van der Waals surface area contributed by atoms with E-state index in [1.54, 1.807) is 26.8 Å². The molecule has 3 aromatic rings. The van der Waals surface area contributed by atoms with Crippen molar-refractivity contribution in [2.45, 2.75) is 71.8 Å². The van der Waals surface area contributed by atoms with Crippen molar-refractivity contribution < 1.29 is 28.9 Å². The molecule has 1 amide bonds. The first kappa shape index (κ1) is 31.4. The number of rotatable bonds is 10. The Morgan fingerprint density at radius 2 is 1.61 bits per heavy atom. The zero-order valence-corrected chi connectivity index (χ0v) is 24.8. The summed E-state index contributed by atoms with van der Waals surface area (Å²) in [5.74, 6) is 0.302. The Hall–Kier alpha value is -4.10. The summed E-state index contributed by atoms with van der Waals surface area (Å²) < 4.78 is 17.0. The van der Waals surface area contributed by atoms with Crippen LogP contribution in [0.4, 0.5) is 4.79 Å². The molecule has 0 unspecified atom stereocenters. The fourth-order valence-corrected chi connectivity index (χ4v) is 4.19. The highest BCUT2D eigenvalue weighted by molar-refractivity contribution is 5.74. The first-order chi connectivity index (χ1) is 19.3. The maximum Gasteiger partial charge on any atom is 0.408 e. The Balaban J connectivity index is 1.81. The number of amides is 1. The highest BCUT2D eigenvalue weighted by Gasteiger charge is 2.21. The van der Waals surface area contributed by atoms with Crippen molar-refractivity contribution in [1.29, 1.82) is 0 Å². The molecule has 0 spiro atoms. The summed E-state index contributed by atoms with van der Waals surface area (Å²) in [6.07, 6.45) is 1.29. The van der Waals surface area contributed by atoms with Crippen LogP contribution in [0.15, 0.2) is 73.3 Å². The van der Waals surface area contributed by atoms with Crippen molar-refractivity contribution in [3.05, 3.63) is 95.6 Å². The van der Waals surface area contributed by atoms with Crippen molar-refractivity contribution in [1.82, 2.24) is 5.32 Å². The summed E-state index contributed by atoms with van der Waals surface area (Å²) in [6, 6.07) is 20.5. The van der Waals surface area contributed by atoms with Crippen LogP contribution in [0.3, 0.4) is 0 Å². The van der Waals surface area contributed by atoms with Gasteiger partial charge in [-0.2, -0.15) is 0 Å². The molecule has 0 saturated carbocycles. The zero-order valence-electron chi connectivity index (χ0n) is 24.8. The Morgan fingerprint density at radius 3 is 2.27 bits per heavy atom. The summed E-state index contributed by atoms with van der Waals surface area (Å²) in [5, 5.41) is 12.7. The fourth-order valence-electron chi connectivity index (χ4n) is 4.19. The highest BCUT2D eigenvalue weighted by atomic mass is 16.6. The number of hydrogen-bond acceptors (Lipinski definition) is 6. The van der Waals surface area contributed by atoms with Crippen molar-refractivity contribution in [3.63, 3.8) is 0 Å². The lowest BCUT2D eigenvalue weighted by Crippen LogP contribution is -2.36. The van der Waals surface area contributed by atoms with Gasteiger partial charge >= 0.3 is 12.1 Å². The molecule has 3 aromatic carbocycles. The zero-order chi connectivity index (χ0) is 30.2. The molecule has 0 saturated heterocycles. The summed E-state index contributed by atoms with van der Waals surface area (Å²) in [6.45, 7) is 14.8. The summed E-state index contributed by atoms with van der Waals surface area (Å²) in [5.41, 5.74) is 3.96. The molecule has 0 fully saturated rings. The maximum atomic E-state index is 12.4. The molecule has 7 nitrogen and oxygen atoms in total. The minimum atomic E-state index is -0.647. The third kappa shape index (κ3) is 10.1. The fraction of sp³-hybridized carbons (Fsp3) is 0.353. The molecule has 1 atom stereocenters. The molecule has 41 heavy (non-hydrogen) atoms. The van der Waals surface area contributed by atoms with Gasteiger partial charge < -0.3 is 24.6 Å². The first-order valence-electron chi connectivity index (χ1n) is 13.7. The van der Waals surface area contributed by atoms with Crippen molar-refractivity contribution in [3.8, 4) is 16.9 Å². The van der Waals surface area contributed by atoms with Gasteiger partial charge in [0, 0.05) is 5.56 Å². The van der Waals surface area contributed by atoms with Gasteiger partial charge in [0.05, 0.1) is 19.1 Å². The summed E-state index contributed by atoms with van der Waals surface area (Å²) >= 11 is 0. The molecule has 0 aliphatic carbocycles. The van der Waals surface area contributed by atoms with Crippen LogP contribution in [0.1, 0.15) is 69.8 Å². The number of ether oxygens (including phenoxy) is 3. The van der Waals surface area contributed by atoms with E-state index in [0.717, 1.165) is 33.4 Å². The number of carbonyl (C=O) groups is 2. The first-order valence-corrected chi connectivity index (χ1v) is 13.7. The molecular formula is C34H41NO6. The largest absolute Gasteiger partial charge is 0.489 e. The van der Waals surface area contributed by atoms with E-state index in [0.29, 0.717) is 5.75 Å².